The zero-order valence-electron chi connectivity index (χ0n) is 14.5. The van der Waals surface area contributed by atoms with Gasteiger partial charge < -0.3 is 15.8 Å². The Kier molecular flexibility index (Phi) is 6.26. The minimum atomic E-state index is 0.357. The maximum absolute atomic E-state index is 6.29. The lowest BCUT2D eigenvalue weighted by molar-refractivity contribution is 0.483. The molecule has 0 unspecified atom stereocenters. The van der Waals surface area contributed by atoms with E-state index in [1.807, 2.05) is 31.2 Å². The van der Waals surface area contributed by atoms with Crippen LogP contribution in [0.1, 0.15) is 18.2 Å². The maximum atomic E-state index is 6.29. The summed E-state index contributed by atoms with van der Waals surface area (Å²) in [6.07, 6.45) is 2.25. The molecule has 0 fully saturated rings. The summed E-state index contributed by atoms with van der Waals surface area (Å²) in [5.41, 5.74) is 8.03. The molecule has 140 valence electrons. The normalized spacial score (nSPS) is 10.7. The molecule has 1 heterocycles. The van der Waals surface area contributed by atoms with Gasteiger partial charge in [0.25, 0.3) is 0 Å². The van der Waals surface area contributed by atoms with Crippen molar-refractivity contribution in [1.82, 2.24) is 9.97 Å². The van der Waals surface area contributed by atoms with Crippen LogP contribution in [0.4, 0.5) is 11.5 Å². The third-order valence-electron chi connectivity index (χ3n) is 3.82. The van der Waals surface area contributed by atoms with Crippen LogP contribution >= 0.6 is 34.8 Å². The Bertz CT molecular complexity index is 925. The van der Waals surface area contributed by atoms with Crippen molar-refractivity contribution in [3.63, 3.8) is 0 Å². The Balaban J connectivity index is 1.68. The van der Waals surface area contributed by atoms with Crippen LogP contribution in [0.15, 0.2) is 42.7 Å². The van der Waals surface area contributed by atoms with Crippen molar-refractivity contribution in [3.8, 4) is 11.5 Å². The molecule has 0 bridgehead atoms. The van der Waals surface area contributed by atoms with Gasteiger partial charge in [0, 0.05) is 12.2 Å². The van der Waals surface area contributed by atoms with Gasteiger partial charge in [0.05, 0.1) is 15.7 Å². The lowest BCUT2D eigenvalue weighted by atomic mass is 10.2. The molecule has 0 radical (unpaired) electrons. The number of aromatic nitrogens is 2. The molecule has 0 aliphatic carbocycles. The second-order valence-corrected chi connectivity index (χ2v) is 6.94. The maximum Gasteiger partial charge on any atom is 0.164 e. The number of hydrogen-bond acceptors (Lipinski definition) is 5. The van der Waals surface area contributed by atoms with E-state index in [1.54, 1.807) is 12.1 Å². The smallest absolute Gasteiger partial charge is 0.164 e. The molecule has 1 aromatic heterocycles. The lowest BCUT2D eigenvalue weighted by Crippen LogP contribution is -2.04. The Morgan fingerprint density at radius 2 is 1.70 bits per heavy atom. The van der Waals surface area contributed by atoms with Gasteiger partial charge in [-0.15, -0.1) is 0 Å². The Labute approximate surface area is 172 Å². The van der Waals surface area contributed by atoms with Crippen LogP contribution in [0, 0.1) is 0 Å². The number of hydrogen-bond donors (Lipinski definition) is 2. The number of rotatable bonds is 6. The summed E-state index contributed by atoms with van der Waals surface area (Å²) < 4.78 is 5.78. The average Bonchev–Trinajstić information content (AvgIpc) is 2.65. The van der Waals surface area contributed by atoms with Gasteiger partial charge in [0.2, 0.25) is 0 Å². The molecular weight excluding hydrogens is 407 g/mol. The van der Waals surface area contributed by atoms with Gasteiger partial charge in [-0.3, -0.25) is 0 Å². The first-order chi connectivity index (χ1) is 13.0. The van der Waals surface area contributed by atoms with E-state index >= 15 is 0 Å². The number of nitrogen functional groups attached to an aromatic ring is 1. The van der Waals surface area contributed by atoms with E-state index in [-0.39, 0.29) is 0 Å². The minimum Gasteiger partial charge on any atom is -0.454 e. The average molecular weight is 424 g/mol. The summed E-state index contributed by atoms with van der Waals surface area (Å²) in [5, 5.41) is 4.48. The Morgan fingerprint density at radius 3 is 2.33 bits per heavy atom. The van der Waals surface area contributed by atoms with Crippen LogP contribution in [0.3, 0.4) is 0 Å². The monoisotopic (exact) mass is 422 g/mol. The molecule has 0 saturated heterocycles. The number of nitrogens with two attached hydrogens (primary N) is 1. The summed E-state index contributed by atoms with van der Waals surface area (Å²) in [4.78, 5) is 8.34. The van der Waals surface area contributed by atoms with Crippen molar-refractivity contribution in [1.29, 1.82) is 0 Å². The van der Waals surface area contributed by atoms with E-state index in [1.165, 1.54) is 6.33 Å². The molecule has 0 saturated carbocycles. The van der Waals surface area contributed by atoms with E-state index in [9.17, 15) is 0 Å². The third kappa shape index (κ3) is 4.75. The standard InChI is InChI=1S/C19H17Cl3N4O/c1-2-16-17(22)19(26-10-25-16)24-9-11-3-5-13(6-4-11)27-18-14(20)7-12(23)8-15(18)21/h3-8,10H,2,9,23H2,1H3,(H,24,25,26). The molecule has 3 aromatic rings. The van der Waals surface area contributed by atoms with E-state index in [2.05, 4.69) is 15.3 Å². The highest BCUT2D eigenvalue weighted by molar-refractivity contribution is 6.37. The van der Waals surface area contributed by atoms with Gasteiger partial charge in [-0.05, 0) is 36.2 Å². The van der Waals surface area contributed by atoms with Crippen molar-refractivity contribution in [3.05, 3.63) is 69.1 Å². The summed E-state index contributed by atoms with van der Waals surface area (Å²) in [6.45, 7) is 2.56. The zero-order chi connectivity index (χ0) is 19.4. The fourth-order valence-electron chi connectivity index (χ4n) is 2.43. The molecule has 0 atom stereocenters. The number of nitrogens with one attached hydrogen (secondary N) is 1. The highest BCUT2D eigenvalue weighted by atomic mass is 35.5. The van der Waals surface area contributed by atoms with E-state index in [0.717, 1.165) is 17.7 Å². The highest BCUT2D eigenvalue weighted by Gasteiger charge is 2.11. The van der Waals surface area contributed by atoms with E-state index < -0.39 is 0 Å². The van der Waals surface area contributed by atoms with E-state index in [0.29, 0.717) is 44.6 Å². The molecule has 3 N–H and O–H groups in total. The number of halogens is 3. The second kappa shape index (κ2) is 8.65. The molecular formula is C19H17Cl3N4O. The predicted molar refractivity (Wildman–Crippen MR) is 111 cm³/mol. The molecule has 0 aliphatic rings. The first kappa shape index (κ1) is 19.5. The van der Waals surface area contributed by atoms with Gasteiger partial charge in [-0.2, -0.15) is 0 Å². The summed E-state index contributed by atoms with van der Waals surface area (Å²) in [5.74, 6) is 1.60. The molecule has 3 rings (SSSR count). The molecule has 27 heavy (non-hydrogen) atoms. The molecule has 8 heteroatoms. The number of nitrogens with zero attached hydrogens (tertiary/aromatic N) is 2. The molecule has 2 aromatic carbocycles. The van der Waals surface area contributed by atoms with Gasteiger partial charge >= 0.3 is 0 Å². The summed E-state index contributed by atoms with van der Waals surface area (Å²) in [6, 6.07) is 10.7. The SMILES string of the molecule is CCc1ncnc(NCc2ccc(Oc3c(Cl)cc(N)cc3Cl)cc2)c1Cl. The molecule has 0 spiro atoms. The van der Waals surface area contributed by atoms with Crippen LogP contribution < -0.4 is 15.8 Å². The predicted octanol–water partition coefficient (Wildman–Crippen LogP) is 5.99. The first-order valence-corrected chi connectivity index (χ1v) is 9.36. The van der Waals surface area contributed by atoms with Gasteiger partial charge in [0.1, 0.15) is 22.9 Å². The lowest BCUT2D eigenvalue weighted by Gasteiger charge is -2.12. The molecule has 0 amide bonds. The summed E-state index contributed by atoms with van der Waals surface area (Å²) >= 11 is 18.6. The largest absolute Gasteiger partial charge is 0.454 e. The first-order valence-electron chi connectivity index (χ1n) is 8.22. The fourth-order valence-corrected chi connectivity index (χ4v) is 3.31. The Morgan fingerprint density at radius 1 is 1.04 bits per heavy atom. The van der Waals surface area contributed by atoms with Gasteiger partial charge in [-0.25, -0.2) is 9.97 Å². The second-order valence-electron chi connectivity index (χ2n) is 5.75. The van der Waals surface area contributed by atoms with Crippen molar-refractivity contribution in [2.45, 2.75) is 19.9 Å². The van der Waals surface area contributed by atoms with Crippen molar-refractivity contribution in [2.75, 3.05) is 11.1 Å². The fraction of sp³-hybridized carbons (Fsp3) is 0.158. The minimum absolute atomic E-state index is 0.357. The van der Waals surface area contributed by atoms with Crippen LogP contribution in [0.25, 0.3) is 0 Å². The summed E-state index contributed by atoms with van der Waals surface area (Å²) in [7, 11) is 0. The number of anilines is 2. The quantitative estimate of drug-likeness (QED) is 0.477. The van der Waals surface area contributed by atoms with Crippen LogP contribution in [0.2, 0.25) is 15.1 Å². The van der Waals surface area contributed by atoms with Crippen molar-refractivity contribution >= 4 is 46.3 Å². The molecule has 0 aliphatic heterocycles. The topological polar surface area (TPSA) is 73.1 Å². The van der Waals surface area contributed by atoms with E-state index in [4.69, 9.17) is 45.3 Å². The van der Waals surface area contributed by atoms with Gasteiger partial charge in [-0.1, -0.05) is 53.9 Å². The third-order valence-corrected chi connectivity index (χ3v) is 4.78. The van der Waals surface area contributed by atoms with Crippen molar-refractivity contribution < 1.29 is 4.74 Å². The number of ether oxygens (including phenoxy) is 1. The van der Waals surface area contributed by atoms with Crippen LogP contribution in [-0.4, -0.2) is 9.97 Å². The van der Waals surface area contributed by atoms with Crippen molar-refractivity contribution in [2.24, 2.45) is 0 Å². The highest BCUT2D eigenvalue weighted by Crippen LogP contribution is 2.38. The zero-order valence-corrected chi connectivity index (χ0v) is 16.7. The van der Waals surface area contributed by atoms with Crippen LogP contribution in [0.5, 0.6) is 11.5 Å². The van der Waals surface area contributed by atoms with Gasteiger partial charge in [0.15, 0.2) is 5.75 Å². The Hall–Kier alpha value is -2.21. The van der Waals surface area contributed by atoms with Crippen LogP contribution in [-0.2, 0) is 13.0 Å². The number of aryl methyl sites for hydroxylation is 1. The molecule has 5 nitrogen and oxygen atoms in total. The number of benzene rings is 2.